The molecule has 0 atom stereocenters. The van der Waals surface area contributed by atoms with E-state index in [0.717, 1.165) is 69.8 Å². The summed E-state index contributed by atoms with van der Waals surface area (Å²) in [4.78, 5) is 19.4. The van der Waals surface area contributed by atoms with E-state index in [-0.39, 0.29) is 0 Å². The fourth-order valence-electron chi connectivity index (χ4n) is 9.16. The molecule has 2 aliphatic rings. The van der Waals surface area contributed by atoms with Gasteiger partial charge in [-0.25, -0.2) is 15.0 Å². The Bertz CT molecular complexity index is 3460. The second-order valence-electron chi connectivity index (χ2n) is 15.8. The first kappa shape index (κ1) is 35.8. The van der Waals surface area contributed by atoms with E-state index in [1.165, 1.54) is 43.7 Å². The molecule has 0 unspecified atom stereocenters. The van der Waals surface area contributed by atoms with Crippen LogP contribution in [0.1, 0.15) is 18.1 Å². The predicted molar refractivity (Wildman–Crippen MR) is 256 cm³/mol. The highest BCUT2D eigenvalue weighted by Gasteiger charge is 2.19. The van der Waals surface area contributed by atoms with Gasteiger partial charge in [0, 0.05) is 68.9 Å². The number of rotatable bonds is 7. The Balaban J connectivity index is 1.05. The molecule has 0 fully saturated rings. The number of aliphatic imine (C=N–C) groups is 1. The van der Waals surface area contributed by atoms with Crippen LogP contribution >= 0.6 is 0 Å². The molecule has 0 saturated carbocycles. The number of dihydropyridines is 2. The molecule has 294 valence electrons. The smallest absolute Gasteiger partial charge is 0.164 e. The molecular weight excluding hydrogens is 759 g/mol. The summed E-state index contributed by atoms with van der Waals surface area (Å²) in [5.74, 6) is 2.01. The van der Waals surface area contributed by atoms with Gasteiger partial charge in [0.05, 0.1) is 22.1 Å². The number of hydrogen-bond acceptors (Lipinski definition) is 5. The van der Waals surface area contributed by atoms with Crippen molar-refractivity contribution >= 4 is 61.0 Å². The number of para-hydroxylation sites is 3. The molecule has 12 rings (SSSR count). The lowest BCUT2D eigenvalue weighted by molar-refractivity contribution is 0.939. The minimum Gasteiger partial charge on any atom is -0.387 e. The molecule has 0 saturated heterocycles. The second kappa shape index (κ2) is 14.8. The third-order valence-corrected chi connectivity index (χ3v) is 12.1. The largest absolute Gasteiger partial charge is 0.387 e. The van der Waals surface area contributed by atoms with Gasteiger partial charge in [0.25, 0.3) is 0 Å². The van der Waals surface area contributed by atoms with E-state index < -0.39 is 0 Å². The summed E-state index contributed by atoms with van der Waals surface area (Å²) in [6.07, 6.45) is 10.7. The summed E-state index contributed by atoms with van der Waals surface area (Å²) >= 11 is 0. The maximum absolute atomic E-state index is 5.04. The Hall–Kier alpha value is -8.16. The van der Waals surface area contributed by atoms with Gasteiger partial charge in [0.2, 0.25) is 0 Å². The van der Waals surface area contributed by atoms with Gasteiger partial charge in [-0.15, -0.1) is 0 Å². The van der Waals surface area contributed by atoms with E-state index in [1.54, 1.807) is 0 Å². The maximum atomic E-state index is 5.04. The Morgan fingerprint density at radius 3 is 1.66 bits per heavy atom. The molecule has 1 N–H and O–H groups in total. The zero-order valence-electron chi connectivity index (χ0n) is 33.8. The minimum absolute atomic E-state index is 0.646. The lowest BCUT2D eigenvalue weighted by Crippen LogP contribution is -2.11. The highest BCUT2D eigenvalue weighted by molar-refractivity contribution is 6.11. The van der Waals surface area contributed by atoms with Crippen molar-refractivity contribution in [3.8, 4) is 45.0 Å². The molecule has 0 radical (unpaired) electrons. The maximum Gasteiger partial charge on any atom is 0.164 e. The van der Waals surface area contributed by atoms with Crippen LogP contribution in [-0.4, -0.2) is 43.4 Å². The molecule has 3 aromatic heterocycles. The first-order valence-corrected chi connectivity index (χ1v) is 21.1. The molecule has 10 aromatic rings. The molecule has 7 heteroatoms. The number of allylic oxidation sites excluding steroid dienone is 3. The van der Waals surface area contributed by atoms with E-state index in [1.807, 2.05) is 24.6 Å². The van der Waals surface area contributed by atoms with Crippen molar-refractivity contribution in [2.45, 2.75) is 6.42 Å². The number of hydrogen-bond donors (Lipinski definition) is 1. The normalized spacial score (nSPS) is 13.8. The predicted octanol–water partition coefficient (Wildman–Crippen LogP) is 12.4. The summed E-state index contributed by atoms with van der Waals surface area (Å²) < 4.78 is 4.84. The van der Waals surface area contributed by atoms with Crippen molar-refractivity contribution in [2.75, 3.05) is 13.1 Å². The van der Waals surface area contributed by atoms with Crippen molar-refractivity contribution in [3.05, 3.63) is 200 Å². The molecule has 0 bridgehead atoms. The number of nitrogens with one attached hydrogen (secondary N) is 1. The zero-order valence-corrected chi connectivity index (χ0v) is 33.8. The van der Waals surface area contributed by atoms with Crippen molar-refractivity contribution < 1.29 is 0 Å². The average molecular weight is 798 g/mol. The molecule has 7 aromatic carbocycles. The molecule has 0 amide bonds. The van der Waals surface area contributed by atoms with Gasteiger partial charge in [-0.05, 0) is 95.6 Å². The number of benzene rings is 7. The van der Waals surface area contributed by atoms with Crippen LogP contribution in [0.4, 0.5) is 0 Å². The molecule has 5 heterocycles. The Morgan fingerprint density at radius 2 is 1.02 bits per heavy atom. The van der Waals surface area contributed by atoms with Crippen LogP contribution in [0, 0.1) is 0 Å². The van der Waals surface area contributed by atoms with Gasteiger partial charge in [0.15, 0.2) is 17.5 Å². The van der Waals surface area contributed by atoms with Crippen molar-refractivity contribution in [3.63, 3.8) is 0 Å². The standard InChI is InChI=1S/C55H39N7/c1-2-10-36(11-3-1)41-22-23-52-48(34-41)47-14-6-9-17-51(47)62(52)44-33-42(32-43(35-44)61-49-15-7-4-12-45(49)46-13-5-8-16-50(46)61)37-18-20-38(21-19-37)53-58-54(39-24-28-56-29-25-39)60-55(59-53)40-26-30-57-31-27-40/h1-26,28,30,32-35,56H,27,29,31H2. The Kier molecular flexibility index (Phi) is 8.55. The van der Waals surface area contributed by atoms with Crippen LogP contribution in [-0.2, 0) is 0 Å². The van der Waals surface area contributed by atoms with Gasteiger partial charge in [0.1, 0.15) is 0 Å². The van der Waals surface area contributed by atoms with Gasteiger partial charge in [-0.1, -0.05) is 121 Å². The van der Waals surface area contributed by atoms with Crippen molar-refractivity contribution in [2.24, 2.45) is 4.99 Å². The second-order valence-corrected chi connectivity index (χ2v) is 15.8. The molecule has 2 aliphatic heterocycles. The monoisotopic (exact) mass is 797 g/mol. The van der Waals surface area contributed by atoms with Crippen molar-refractivity contribution in [1.29, 1.82) is 0 Å². The fourth-order valence-corrected chi connectivity index (χ4v) is 9.16. The number of nitrogens with zero attached hydrogens (tertiary/aromatic N) is 6. The Morgan fingerprint density at radius 1 is 0.452 bits per heavy atom. The number of aromatic nitrogens is 5. The third kappa shape index (κ3) is 6.13. The van der Waals surface area contributed by atoms with E-state index in [2.05, 4.69) is 189 Å². The van der Waals surface area contributed by atoms with Crippen LogP contribution < -0.4 is 5.32 Å². The average Bonchev–Trinajstić information content (AvgIpc) is 3.87. The van der Waals surface area contributed by atoms with Crippen LogP contribution in [0.2, 0.25) is 0 Å². The van der Waals surface area contributed by atoms with Crippen LogP contribution in [0.15, 0.2) is 193 Å². The summed E-state index contributed by atoms with van der Waals surface area (Å²) in [6, 6.07) is 59.4. The van der Waals surface area contributed by atoms with Crippen LogP contribution in [0.5, 0.6) is 0 Å². The highest BCUT2D eigenvalue weighted by Crippen LogP contribution is 2.39. The van der Waals surface area contributed by atoms with E-state index in [0.29, 0.717) is 17.5 Å². The van der Waals surface area contributed by atoms with Crippen LogP contribution in [0.25, 0.3) is 99.8 Å². The summed E-state index contributed by atoms with van der Waals surface area (Å²) in [7, 11) is 0. The summed E-state index contributed by atoms with van der Waals surface area (Å²) in [5, 5.41) is 8.14. The van der Waals surface area contributed by atoms with Crippen molar-refractivity contribution in [1.82, 2.24) is 29.4 Å². The fraction of sp³-hybridized carbons (Fsp3) is 0.0545. The number of fused-ring (bicyclic) bond motifs is 6. The van der Waals surface area contributed by atoms with E-state index >= 15 is 0 Å². The lowest BCUT2D eigenvalue weighted by Gasteiger charge is -2.16. The molecule has 7 nitrogen and oxygen atoms in total. The van der Waals surface area contributed by atoms with Crippen LogP contribution in [0.3, 0.4) is 0 Å². The Labute approximate surface area is 358 Å². The first-order valence-electron chi connectivity index (χ1n) is 21.1. The highest BCUT2D eigenvalue weighted by atomic mass is 15.0. The zero-order chi connectivity index (χ0) is 41.0. The van der Waals surface area contributed by atoms with Gasteiger partial charge >= 0.3 is 0 Å². The minimum atomic E-state index is 0.646. The van der Waals surface area contributed by atoms with E-state index in [9.17, 15) is 0 Å². The third-order valence-electron chi connectivity index (χ3n) is 12.1. The summed E-state index contributed by atoms with van der Waals surface area (Å²) in [6.45, 7) is 1.45. The lowest BCUT2D eigenvalue weighted by atomic mass is 10.0. The van der Waals surface area contributed by atoms with Gasteiger partial charge in [-0.2, -0.15) is 0 Å². The first-order chi connectivity index (χ1) is 30.7. The van der Waals surface area contributed by atoms with E-state index in [4.69, 9.17) is 15.0 Å². The molecular formula is C55H39N7. The molecule has 62 heavy (non-hydrogen) atoms. The molecule has 0 aliphatic carbocycles. The van der Waals surface area contributed by atoms with Gasteiger partial charge in [-0.3, -0.25) is 4.99 Å². The SMILES string of the molecule is C1=CC(c2nc(C3=CC=NCC3)nc(-c3ccc(-c4cc(-n5c6ccccc6c6ccccc65)cc(-n5c6ccccc6c6cc(-c7ccccc7)ccc65)c4)cc3)n2)=CCN1. The summed E-state index contributed by atoms with van der Waals surface area (Å²) in [5.41, 5.74) is 14.4. The molecule has 0 spiro atoms. The quantitative estimate of drug-likeness (QED) is 0.174. The topological polar surface area (TPSA) is 72.9 Å². The van der Waals surface area contributed by atoms with Gasteiger partial charge < -0.3 is 14.5 Å².